The van der Waals surface area contributed by atoms with E-state index in [9.17, 15) is 9.59 Å². The van der Waals surface area contributed by atoms with Crippen LogP contribution >= 0.6 is 11.3 Å². The van der Waals surface area contributed by atoms with Gasteiger partial charge in [0.1, 0.15) is 6.04 Å². The number of hydrogen-bond acceptors (Lipinski definition) is 3. The summed E-state index contributed by atoms with van der Waals surface area (Å²) in [6.07, 6.45) is 0. The zero-order valence-corrected chi connectivity index (χ0v) is 8.75. The average molecular weight is 213 g/mol. The fraction of sp³-hybridized carbons (Fsp3) is 0.333. The Morgan fingerprint density at radius 3 is 2.64 bits per heavy atom. The smallest absolute Gasteiger partial charge is 0.326 e. The molecular formula is C9H11NO3S. The number of aliphatic carboxylic acids is 1. The fourth-order valence-electron chi connectivity index (χ4n) is 0.931. The molecule has 0 aliphatic heterocycles. The topological polar surface area (TPSA) is 57.6 Å². The van der Waals surface area contributed by atoms with E-state index in [0.717, 1.165) is 0 Å². The molecule has 0 saturated carbocycles. The first kappa shape index (κ1) is 10.7. The predicted molar refractivity (Wildman–Crippen MR) is 53.5 cm³/mol. The minimum Gasteiger partial charge on any atom is -0.480 e. The Hall–Kier alpha value is -1.36. The molecule has 5 heteroatoms. The van der Waals surface area contributed by atoms with Gasteiger partial charge in [0.2, 0.25) is 0 Å². The van der Waals surface area contributed by atoms with Gasteiger partial charge < -0.3 is 10.0 Å². The van der Waals surface area contributed by atoms with Crippen LogP contribution in [0.2, 0.25) is 0 Å². The van der Waals surface area contributed by atoms with Gasteiger partial charge in [-0.05, 0) is 18.4 Å². The number of carbonyl (C=O) groups is 2. The molecule has 0 bridgehead atoms. The fourth-order valence-corrected chi connectivity index (χ4v) is 1.56. The Morgan fingerprint density at radius 1 is 1.57 bits per heavy atom. The number of carbonyl (C=O) groups excluding carboxylic acids is 1. The van der Waals surface area contributed by atoms with Crippen molar-refractivity contribution in [2.24, 2.45) is 0 Å². The highest BCUT2D eigenvalue weighted by Crippen LogP contribution is 2.10. The molecule has 0 spiro atoms. The Kier molecular flexibility index (Phi) is 3.24. The summed E-state index contributed by atoms with van der Waals surface area (Å²) in [6.45, 7) is 1.48. The highest BCUT2D eigenvalue weighted by Gasteiger charge is 2.22. The van der Waals surface area contributed by atoms with Crippen molar-refractivity contribution in [3.63, 3.8) is 0 Å². The van der Waals surface area contributed by atoms with E-state index in [0.29, 0.717) is 5.56 Å². The number of likely N-dealkylation sites (N-methyl/N-ethyl adjacent to an activating group) is 1. The first-order chi connectivity index (χ1) is 6.54. The van der Waals surface area contributed by atoms with Crippen molar-refractivity contribution >= 4 is 23.2 Å². The summed E-state index contributed by atoms with van der Waals surface area (Å²) in [7, 11) is 1.48. The van der Waals surface area contributed by atoms with Gasteiger partial charge >= 0.3 is 5.97 Å². The summed E-state index contributed by atoms with van der Waals surface area (Å²) in [5, 5.41) is 12.2. The van der Waals surface area contributed by atoms with Gasteiger partial charge in [0.05, 0.1) is 5.56 Å². The van der Waals surface area contributed by atoms with Crippen LogP contribution in [0.3, 0.4) is 0 Å². The maximum Gasteiger partial charge on any atom is 0.326 e. The zero-order chi connectivity index (χ0) is 10.7. The number of carboxylic acid groups (broad SMARTS) is 1. The van der Waals surface area contributed by atoms with Crippen molar-refractivity contribution < 1.29 is 14.7 Å². The van der Waals surface area contributed by atoms with Gasteiger partial charge in [-0.25, -0.2) is 4.79 Å². The Labute approximate surface area is 85.8 Å². The van der Waals surface area contributed by atoms with Crippen LogP contribution in [0.1, 0.15) is 17.3 Å². The van der Waals surface area contributed by atoms with E-state index >= 15 is 0 Å². The summed E-state index contributed by atoms with van der Waals surface area (Å²) < 4.78 is 0. The standard InChI is InChI=1S/C9H11NO3S/c1-6(9(12)13)10(2)8(11)7-3-4-14-5-7/h3-6H,1-2H3,(H,12,13). The third kappa shape index (κ3) is 2.11. The Morgan fingerprint density at radius 2 is 2.21 bits per heavy atom. The van der Waals surface area contributed by atoms with Gasteiger partial charge in [0.15, 0.2) is 0 Å². The molecule has 1 rings (SSSR count). The number of amides is 1. The molecule has 1 unspecified atom stereocenters. The molecule has 1 N–H and O–H groups in total. The quantitative estimate of drug-likeness (QED) is 0.823. The molecule has 1 atom stereocenters. The van der Waals surface area contributed by atoms with E-state index in [1.807, 2.05) is 0 Å². The molecule has 4 nitrogen and oxygen atoms in total. The molecular weight excluding hydrogens is 202 g/mol. The second-order valence-electron chi connectivity index (χ2n) is 2.94. The van der Waals surface area contributed by atoms with Crippen molar-refractivity contribution in [1.82, 2.24) is 4.90 Å². The Bertz CT molecular complexity index is 334. The van der Waals surface area contributed by atoms with Crippen molar-refractivity contribution in [1.29, 1.82) is 0 Å². The molecule has 1 heterocycles. The molecule has 0 fully saturated rings. The van der Waals surface area contributed by atoms with E-state index in [1.165, 1.54) is 30.2 Å². The van der Waals surface area contributed by atoms with E-state index in [2.05, 4.69) is 0 Å². The molecule has 0 aromatic carbocycles. The average Bonchev–Trinajstić information content (AvgIpc) is 2.67. The second-order valence-corrected chi connectivity index (χ2v) is 3.72. The third-order valence-electron chi connectivity index (χ3n) is 2.03. The van der Waals surface area contributed by atoms with Gasteiger partial charge in [-0.3, -0.25) is 4.79 Å². The first-order valence-corrected chi connectivity index (χ1v) is 5.00. The third-order valence-corrected chi connectivity index (χ3v) is 2.71. The summed E-state index contributed by atoms with van der Waals surface area (Å²) in [6, 6.07) is 0.875. The number of rotatable bonds is 3. The van der Waals surface area contributed by atoms with Crippen molar-refractivity contribution in [2.45, 2.75) is 13.0 Å². The highest BCUT2D eigenvalue weighted by atomic mass is 32.1. The molecule has 0 aliphatic carbocycles. The lowest BCUT2D eigenvalue weighted by atomic mass is 10.2. The SMILES string of the molecule is CC(C(=O)O)N(C)C(=O)c1ccsc1. The highest BCUT2D eigenvalue weighted by molar-refractivity contribution is 7.08. The van der Waals surface area contributed by atoms with Crippen molar-refractivity contribution in [2.75, 3.05) is 7.05 Å². The van der Waals surface area contributed by atoms with Crippen molar-refractivity contribution in [3.8, 4) is 0 Å². The lowest BCUT2D eigenvalue weighted by Crippen LogP contribution is -2.40. The van der Waals surface area contributed by atoms with Crippen LogP contribution in [0, 0.1) is 0 Å². The summed E-state index contributed by atoms with van der Waals surface area (Å²) in [4.78, 5) is 23.5. The van der Waals surface area contributed by atoms with Gasteiger partial charge in [-0.1, -0.05) is 0 Å². The minimum atomic E-state index is -1.00. The lowest BCUT2D eigenvalue weighted by molar-refractivity contribution is -0.141. The maximum absolute atomic E-state index is 11.6. The maximum atomic E-state index is 11.6. The molecule has 1 aromatic rings. The molecule has 0 radical (unpaired) electrons. The molecule has 1 aromatic heterocycles. The Balaban J connectivity index is 2.76. The molecule has 0 aliphatic rings. The molecule has 76 valence electrons. The molecule has 0 saturated heterocycles. The van der Waals surface area contributed by atoms with Crippen LogP contribution < -0.4 is 0 Å². The second kappa shape index (κ2) is 4.23. The summed E-state index contributed by atoms with van der Waals surface area (Å²) >= 11 is 1.41. The van der Waals surface area contributed by atoms with Gasteiger partial charge in [0.25, 0.3) is 5.91 Å². The normalized spacial score (nSPS) is 12.1. The van der Waals surface area contributed by atoms with Crippen LogP contribution in [0.4, 0.5) is 0 Å². The largest absolute Gasteiger partial charge is 0.480 e. The molecule has 1 amide bonds. The zero-order valence-electron chi connectivity index (χ0n) is 7.93. The van der Waals surface area contributed by atoms with Gasteiger partial charge in [0, 0.05) is 12.4 Å². The van der Waals surface area contributed by atoms with Crippen LogP contribution in [-0.2, 0) is 4.79 Å². The summed E-state index contributed by atoms with van der Waals surface area (Å²) in [5.41, 5.74) is 0.533. The van der Waals surface area contributed by atoms with Gasteiger partial charge in [-0.15, -0.1) is 0 Å². The minimum absolute atomic E-state index is 0.263. The molecule has 14 heavy (non-hydrogen) atoms. The van der Waals surface area contributed by atoms with E-state index in [4.69, 9.17) is 5.11 Å². The lowest BCUT2D eigenvalue weighted by Gasteiger charge is -2.20. The number of hydrogen-bond donors (Lipinski definition) is 1. The monoisotopic (exact) mass is 213 g/mol. The first-order valence-electron chi connectivity index (χ1n) is 4.06. The van der Waals surface area contributed by atoms with Crippen LogP contribution in [0.25, 0.3) is 0 Å². The van der Waals surface area contributed by atoms with Crippen LogP contribution in [0.5, 0.6) is 0 Å². The van der Waals surface area contributed by atoms with Crippen LogP contribution in [0.15, 0.2) is 16.8 Å². The number of nitrogens with zero attached hydrogens (tertiary/aromatic N) is 1. The number of thiophene rings is 1. The predicted octanol–water partition coefficient (Wildman–Crippen LogP) is 1.29. The van der Waals surface area contributed by atoms with E-state index in [1.54, 1.807) is 16.8 Å². The van der Waals surface area contributed by atoms with Crippen molar-refractivity contribution in [3.05, 3.63) is 22.4 Å². The number of carboxylic acids is 1. The van der Waals surface area contributed by atoms with Gasteiger partial charge in [-0.2, -0.15) is 11.3 Å². The van der Waals surface area contributed by atoms with E-state index in [-0.39, 0.29) is 5.91 Å². The van der Waals surface area contributed by atoms with E-state index < -0.39 is 12.0 Å². The van der Waals surface area contributed by atoms with Crippen LogP contribution in [-0.4, -0.2) is 35.0 Å². The summed E-state index contributed by atoms with van der Waals surface area (Å²) in [5.74, 6) is -1.27.